The van der Waals surface area contributed by atoms with Gasteiger partial charge in [-0.05, 0) is 338 Å². The molecule has 712 valence electrons. The van der Waals surface area contributed by atoms with Crippen LogP contribution in [-0.4, -0.2) is 0 Å². The Labute approximate surface area is 842 Å². The number of nitrogens with zero attached hydrogens (tertiary/aromatic N) is 5. The Morgan fingerprint density at radius 2 is 0.576 bits per heavy atom. The maximum Gasteiger partial charge on any atom is 0.213 e. The minimum Gasteiger partial charge on any atom is -0.201 e. The van der Waals surface area contributed by atoms with Crippen LogP contribution in [0.15, 0.2) is 334 Å². The van der Waals surface area contributed by atoms with E-state index >= 15 is 0 Å². The lowest BCUT2D eigenvalue weighted by Gasteiger charge is -2.27. The van der Waals surface area contributed by atoms with Gasteiger partial charge >= 0.3 is 0 Å². The predicted molar refractivity (Wildman–Crippen MR) is 584 cm³/mol. The predicted octanol–water partition coefficient (Wildman–Crippen LogP) is 32.1. The van der Waals surface area contributed by atoms with E-state index in [9.17, 15) is 1.37 Å². The smallest absolute Gasteiger partial charge is 0.201 e. The standard InChI is InChI=1S/C30H36N.4C26H30N/c1-22-8-6-7-11-29(22)30-19-18-28(21-31(30)2)25-14-12-24(13-15-25)27-17-16-26(20-27)23-9-4-3-5-10-23;2*1-19-11-12-22(15-19)16-21-8-6-9-23(17-21)24-13-14-27(3)26(18-24)25-10-5-4-7-20(25)2;2*1-19-8-9-22(16-19)17-21-10-12-23(13-11-21)24-14-15-27(3)26(18-24)25-7-5-4-6-20(25)2/h6-8,11-15,18-19,21,23,26-27H,3-5,9-10,16-17,20H2,1-2H3;2*4-10,13-14,17-19,22H,11-12,15-16H2,1-3H3;2*4-7,10-15,18-19,22H,8-9,16-17H2,1-3H3/q5*+1/i27D;16D2;;17D2;. The summed E-state index contributed by atoms with van der Waals surface area (Å²) in [6.07, 6.45) is 35.7. The molecule has 0 aliphatic heterocycles. The summed E-state index contributed by atoms with van der Waals surface area (Å²) in [6, 6.07) is 108. The van der Waals surface area contributed by atoms with Crippen molar-refractivity contribution >= 4 is 0 Å². The molecule has 21 rings (SSSR count). The van der Waals surface area contributed by atoms with Gasteiger partial charge in [0.1, 0.15) is 35.2 Å². The second kappa shape index (κ2) is 46.8. The Morgan fingerprint density at radius 3 is 0.971 bits per heavy atom. The minimum atomic E-state index is -1.28. The summed E-state index contributed by atoms with van der Waals surface area (Å²) < 4.78 is 55.2. The molecule has 10 atom stereocenters. The van der Waals surface area contributed by atoms with Crippen LogP contribution in [-0.2, 0) is 60.8 Å². The van der Waals surface area contributed by atoms with E-state index in [2.05, 4.69) is 430 Å². The topological polar surface area (TPSA) is 19.4 Å². The Morgan fingerprint density at radius 1 is 0.245 bits per heavy atom. The van der Waals surface area contributed by atoms with Crippen molar-refractivity contribution in [3.8, 4) is 112 Å². The highest BCUT2D eigenvalue weighted by molar-refractivity contribution is 5.75. The van der Waals surface area contributed by atoms with E-state index in [-0.39, 0.29) is 17.7 Å². The zero-order valence-corrected chi connectivity index (χ0v) is 85.8. The first-order valence-electron chi connectivity index (χ1n) is 55.3. The lowest BCUT2D eigenvalue weighted by atomic mass is 9.78. The van der Waals surface area contributed by atoms with Crippen molar-refractivity contribution < 1.29 is 29.7 Å². The number of hydrogen-bond acceptors (Lipinski definition) is 0. The lowest BCUT2D eigenvalue weighted by Crippen LogP contribution is -2.30. The van der Waals surface area contributed by atoms with Gasteiger partial charge in [0.15, 0.2) is 31.0 Å². The number of hydrogen-bond donors (Lipinski definition) is 0. The van der Waals surface area contributed by atoms with Crippen molar-refractivity contribution in [2.75, 3.05) is 0 Å². The van der Waals surface area contributed by atoms with Gasteiger partial charge in [-0.2, -0.15) is 0 Å². The molecule has 0 amide bonds. The van der Waals surface area contributed by atoms with E-state index in [4.69, 9.17) is 5.48 Å². The molecular weight excluding hydrogens is 1680 g/mol. The summed E-state index contributed by atoms with van der Waals surface area (Å²) in [6.45, 7) is 20.1. The van der Waals surface area contributed by atoms with E-state index in [1.54, 1.807) is 0 Å². The van der Waals surface area contributed by atoms with Crippen LogP contribution in [0.5, 0.6) is 0 Å². The molecule has 5 heterocycles. The molecule has 15 aromatic rings. The molecule has 6 aliphatic rings. The van der Waals surface area contributed by atoms with Crippen LogP contribution in [0.2, 0.25) is 0 Å². The molecule has 6 aliphatic carbocycles. The van der Waals surface area contributed by atoms with Crippen molar-refractivity contribution in [3.63, 3.8) is 0 Å². The zero-order chi connectivity index (χ0) is 101. The molecule has 6 fully saturated rings. The van der Waals surface area contributed by atoms with Crippen molar-refractivity contribution in [3.05, 3.63) is 390 Å². The highest BCUT2D eigenvalue weighted by Crippen LogP contribution is 2.47. The summed E-state index contributed by atoms with van der Waals surface area (Å²) in [5, 5.41) is 0. The molecule has 0 radical (unpaired) electrons. The molecule has 5 nitrogen and oxygen atoms in total. The van der Waals surface area contributed by atoms with Crippen molar-refractivity contribution in [1.29, 1.82) is 0 Å². The number of aryl methyl sites for hydroxylation is 10. The van der Waals surface area contributed by atoms with Crippen molar-refractivity contribution in [1.82, 2.24) is 0 Å². The van der Waals surface area contributed by atoms with Crippen LogP contribution in [0, 0.1) is 93.8 Å². The van der Waals surface area contributed by atoms with Gasteiger partial charge < -0.3 is 0 Å². The monoisotopic (exact) mass is 1840 g/mol. The van der Waals surface area contributed by atoms with E-state index < -0.39 is 12.7 Å². The highest BCUT2D eigenvalue weighted by atomic mass is 14.9. The summed E-state index contributed by atoms with van der Waals surface area (Å²) in [5.41, 5.74) is 36.8. The number of benzene rings is 10. The molecule has 6 saturated carbocycles. The highest BCUT2D eigenvalue weighted by Gasteiger charge is 2.34. The molecule has 0 bridgehead atoms. The van der Waals surface area contributed by atoms with Crippen LogP contribution in [0.1, 0.15) is 224 Å². The van der Waals surface area contributed by atoms with Crippen LogP contribution in [0.3, 0.4) is 0 Å². The fraction of sp³-hybridized carbons (Fsp3) is 0.366. The van der Waals surface area contributed by atoms with Crippen LogP contribution < -0.4 is 22.8 Å². The average molecular weight is 1840 g/mol. The van der Waals surface area contributed by atoms with E-state index in [0.717, 1.165) is 120 Å². The third-order valence-electron chi connectivity index (χ3n) is 31.9. The second-order valence-corrected chi connectivity index (χ2v) is 42.8. The van der Waals surface area contributed by atoms with Gasteiger partial charge in [0.2, 0.25) is 28.5 Å². The Kier molecular flexibility index (Phi) is 31.0. The van der Waals surface area contributed by atoms with Gasteiger partial charge in [-0.3, -0.25) is 0 Å². The molecule has 0 spiro atoms. The average Bonchev–Trinajstić information content (AvgIpc) is 1.60. The molecule has 0 saturated heterocycles. The first kappa shape index (κ1) is 92.0. The molecule has 5 aromatic heterocycles. The molecule has 10 unspecified atom stereocenters. The van der Waals surface area contributed by atoms with Gasteiger partial charge in [-0.25, -0.2) is 22.8 Å². The summed E-state index contributed by atoms with van der Waals surface area (Å²) in [5.74, 6) is 6.34. The summed E-state index contributed by atoms with van der Waals surface area (Å²) in [7, 11) is 10.5. The van der Waals surface area contributed by atoms with Crippen molar-refractivity contribution in [2.45, 2.75) is 222 Å². The Bertz CT molecular complexity index is 6890. The summed E-state index contributed by atoms with van der Waals surface area (Å²) in [4.78, 5) is 0. The third kappa shape index (κ3) is 25.6. The van der Waals surface area contributed by atoms with Crippen LogP contribution in [0.25, 0.3) is 112 Å². The first-order chi connectivity index (χ1) is 69.4. The maximum absolute atomic E-state index is 9.22. The SMILES string of the molecule is Cc1ccccc1-c1cc(-c2ccc(CC3CCC(C)C3)cc2)cc[n+]1C.Cc1ccccc1-c1cc(-c2cccc(CC3CCC(C)C3)c2)cc[n+]1C.[2H]C([2H])(c1ccc(-c2cc[n+](C)c(-c3ccccc3C)c2)cc1)C1CCC(C)C1.[2H]C([2H])(c1cccc(-c2cc[n+](C)c(-c3ccccc3C)c2)c1)C1CCC(C)C1.[2H]C1(c2ccc(-c3ccc(-c4ccccc4C)[n+](C)c3)cc2)CCC(C2CCCCC2)C1. The van der Waals surface area contributed by atoms with E-state index in [0.29, 0.717) is 11.8 Å². The van der Waals surface area contributed by atoms with E-state index in [1.807, 2.05) is 24.3 Å². The van der Waals surface area contributed by atoms with Gasteiger partial charge in [0.25, 0.3) is 0 Å². The minimum absolute atomic E-state index is 0.115. The Hall–Kier alpha value is -12.1. The maximum atomic E-state index is 9.22. The molecule has 5 heteroatoms. The number of rotatable bonds is 20. The number of aromatic nitrogens is 5. The second-order valence-electron chi connectivity index (χ2n) is 42.8. The van der Waals surface area contributed by atoms with Crippen LogP contribution in [0.4, 0.5) is 0 Å². The third-order valence-corrected chi connectivity index (χ3v) is 31.9. The normalized spacial score (nSPS) is 21.2. The largest absolute Gasteiger partial charge is 0.213 e. The quantitative estimate of drug-likeness (QED) is 0.0678. The zero-order valence-electron chi connectivity index (χ0n) is 90.8. The van der Waals surface area contributed by atoms with Gasteiger partial charge in [-0.1, -0.05) is 298 Å². The molecule has 0 N–H and O–H groups in total. The molecular formula is C134H156N5+5. The molecule has 10 aromatic carbocycles. The van der Waals surface area contributed by atoms with Crippen molar-refractivity contribution in [2.24, 2.45) is 94.4 Å². The fourth-order valence-corrected chi connectivity index (χ4v) is 23.6. The van der Waals surface area contributed by atoms with E-state index in [1.165, 1.54) is 224 Å². The first-order valence-corrected chi connectivity index (χ1v) is 52.8. The summed E-state index contributed by atoms with van der Waals surface area (Å²) >= 11 is 0. The Balaban J connectivity index is 0.000000124. The van der Waals surface area contributed by atoms with Gasteiger partial charge in [0.05, 0.1) is 0 Å². The van der Waals surface area contributed by atoms with Crippen LogP contribution >= 0.6 is 0 Å². The molecule has 139 heavy (non-hydrogen) atoms. The fourth-order valence-electron chi connectivity index (χ4n) is 23.6. The lowest BCUT2D eigenvalue weighted by molar-refractivity contribution is -0.660. The number of pyridine rings is 5. The van der Waals surface area contributed by atoms with Gasteiger partial charge in [0, 0.05) is 94.8 Å². The van der Waals surface area contributed by atoms with Gasteiger partial charge in [-0.15, -0.1) is 0 Å².